The first kappa shape index (κ1) is 13.8. The normalized spacial score (nSPS) is 40.7. The highest BCUT2D eigenvalue weighted by atomic mass is 16.5. The molecule has 0 aromatic heterocycles. The molecule has 2 aliphatic rings. The lowest BCUT2D eigenvalue weighted by Gasteiger charge is -2.30. The number of hydrogen-bond donors (Lipinski definition) is 3. The van der Waals surface area contributed by atoms with Crippen molar-refractivity contribution in [1.82, 2.24) is 5.32 Å². The van der Waals surface area contributed by atoms with E-state index in [4.69, 9.17) is 10.5 Å². The summed E-state index contributed by atoms with van der Waals surface area (Å²) in [4.78, 5) is 12.1. The van der Waals surface area contributed by atoms with Gasteiger partial charge in [-0.05, 0) is 19.8 Å². The van der Waals surface area contributed by atoms with Gasteiger partial charge in [-0.2, -0.15) is 0 Å². The smallest absolute Gasteiger partial charge is 0.224 e. The van der Waals surface area contributed by atoms with Crippen LogP contribution in [-0.4, -0.2) is 41.9 Å². The van der Waals surface area contributed by atoms with Crippen LogP contribution in [0, 0.1) is 5.92 Å². The van der Waals surface area contributed by atoms with Gasteiger partial charge in [0.05, 0.1) is 12.0 Å². The Morgan fingerprint density at radius 1 is 1.50 bits per heavy atom. The molecule has 0 radical (unpaired) electrons. The van der Waals surface area contributed by atoms with Crippen molar-refractivity contribution < 1.29 is 14.6 Å². The molecule has 1 aliphatic carbocycles. The molecule has 1 saturated heterocycles. The minimum Gasteiger partial charge on any atom is -0.385 e. The number of carbonyl (C=O) groups excluding carboxylic acids is 1. The number of nitrogens with one attached hydrogen (secondary N) is 1. The standard InChI is InChI=1S/C13H24N2O3/c1-9-13(17,6-7-18-9)8-15-12(16)10-4-2-3-5-11(10)14/h9-11,17H,2-8,14H2,1H3,(H,15,16). The summed E-state index contributed by atoms with van der Waals surface area (Å²) in [5.41, 5.74) is 5.05. The predicted molar refractivity (Wildman–Crippen MR) is 67.9 cm³/mol. The summed E-state index contributed by atoms with van der Waals surface area (Å²) in [5, 5.41) is 13.1. The Morgan fingerprint density at radius 2 is 2.22 bits per heavy atom. The van der Waals surface area contributed by atoms with Gasteiger partial charge in [-0.15, -0.1) is 0 Å². The molecular formula is C13H24N2O3. The van der Waals surface area contributed by atoms with Crippen LogP contribution in [0.5, 0.6) is 0 Å². The van der Waals surface area contributed by atoms with Crippen LogP contribution >= 0.6 is 0 Å². The van der Waals surface area contributed by atoms with E-state index in [1.165, 1.54) is 0 Å². The van der Waals surface area contributed by atoms with Crippen LogP contribution in [0.4, 0.5) is 0 Å². The van der Waals surface area contributed by atoms with E-state index in [0.717, 1.165) is 25.7 Å². The minimum atomic E-state index is -0.922. The third-order valence-electron chi connectivity index (χ3n) is 4.38. The molecular weight excluding hydrogens is 232 g/mol. The lowest BCUT2D eigenvalue weighted by Crippen LogP contribution is -2.51. The number of rotatable bonds is 3. The molecule has 1 amide bonds. The van der Waals surface area contributed by atoms with E-state index in [-0.39, 0.29) is 30.5 Å². The summed E-state index contributed by atoms with van der Waals surface area (Å²) in [6, 6.07) is -0.0364. The number of amides is 1. The number of hydrogen-bond acceptors (Lipinski definition) is 4. The Kier molecular flexibility index (Phi) is 4.25. The number of ether oxygens (including phenoxy) is 1. The third-order valence-corrected chi connectivity index (χ3v) is 4.38. The molecule has 2 rings (SSSR count). The summed E-state index contributed by atoms with van der Waals surface area (Å²) >= 11 is 0. The van der Waals surface area contributed by atoms with Gasteiger partial charge in [0, 0.05) is 25.6 Å². The highest BCUT2D eigenvalue weighted by Crippen LogP contribution is 2.26. The van der Waals surface area contributed by atoms with Crippen LogP contribution < -0.4 is 11.1 Å². The SMILES string of the molecule is CC1OCCC1(O)CNC(=O)C1CCCCC1N. The van der Waals surface area contributed by atoms with Gasteiger partial charge < -0.3 is 20.9 Å². The molecule has 5 heteroatoms. The van der Waals surface area contributed by atoms with Crippen LogP contribution in [0.1, 0.15) is 39.0 Å². The number of carbonyl (C=O) groups is 1. The zero-order chi connectivity index (χ0) is 13.2. The fourth-order valence-corrected chi connectivity index (χ4v) is 2.86. The Morgan fingerprint density at radius 3 is 2.83 bits per heavy atom. The van der Waals surface area contributed by atoms with Crippen LogP contribution in [0.25, 0.3) is 0 Å². The second-order valence-corrected chi connectivity index (χ2v) is 5.64. The van der Waals surface area contributed by atoms with Crippen LogP contribution in [0.2, 0.25) is 0 Å². The average molecular weight is 256 g/mol. The molecule has 0 aromatic carbocycles. The Labute approximate surface area is 108 Å². The van der Waals surface area contributed by atoms with Crippen molar-refractivity contribution in [2.45, 2.75) is 56.8 Å². The quantitative estimate of drug-likeness (QED) is 0.671. The maximum absolute atomic E-state index is 12.1. The largest absolute Gasteiger partial charge is 0.385 e. The van der Waals surface area contributed by atoms with Crippen LogP contribution in [0.3, 0.4) is 0 Å². The fraction of sp³-hybridized carbons (Fsp3) is 0.923. The summed E-state index contributed by atoms with van der Waals surface area (Å²) < 4.78 is 5.34. The number of nitrogens with two attached hydrogens (primary N) is 1. The summed E-state index contributed by atoms with van der Waals surface area (Å²) in [6.07, 6.45) is 4.30. The topological polar surface area (TPSA) is 84.6 Å². The van der Waals surface area contributed by atoms with Gasteiger partial charge in [0.2, 0.25) is 5.91 Å². The fourth-order valence-electron chi connectivity index (χ4n) is 2.86. The molecule has 0 aromatic rings. The first-order valence-corrected chi connectivity index (χ1v) is 6.90. The van der Waals surface area contributed by atoms with E-state index < -0.39 is 5.60 Å². The van der Waals surface area contributed by atoms with Crippen molar-refractivity contribution in [2.24, 2.45) is 11.7 Å². The highest BCUT2D eigenvalue weighted by molar-refractivity contribution is 5.79. The van der Waals surface area contributed by atoms with Gasteiger partial charge in [0.15, 0.2) is 0 Å². The lowest BCUT2D eigenvalue weighted by molar-refractivity contribution is -0.128. The zero-order valence-electron chi connectivity index (χ0n) is 11.0. The summed E-state index contributed by atoms with van der Waals surface area (Å²) in [6.45, 7) is 2.65. The van der Waals surface area contributed by atoms with Crippen LogP contribution in [0.15, 0.2) is 0 Å². The molecule has 18 heavy (non-hydrogen) atoms. The Bertz CT molecular complexity index is 311. The van der Waals surface area contributed by atoms with E-state index in [1.807, 2.05) is 6.92 Å². The van der Waals surface area contributed by atoms with Gasteiger partial charge in [-0.3, -0.25) is 4.79 Å². The predicted octanol–water partition coefficient (Wildman–Crippen LogP) is 0.160. The molecule has 2 fully saturated rings. The molecule has 4 atom stereocenters. The van der Waals surface area contributed by atoms with E-state index >= 15 is 0 Å². The van der Waals surface area contributed by atoms with Crippen LogP contribution in [-0.2, 0) is 9.53 Å². The third kappa shape index (κ3) is 2.84. The van der Waals surface area contributed by atoms with Gasteiger partial charge in [0.25, 0.3) is 0 Å². The molecule has 1 heterocycles. The van der Waals surface area contributed by atoms with E-state index in [1.54, 1.807) is 0 Å². The first-order chi connectivity index (χ1) is 8.53. The number of aliphatic hydroxyl groups is 1. The molecule has 1 saturated carbocycles. The van der Waals surface area contributed by atoms with Crippen molar-refractivity contribution in [1.29, 1.82) is 0 Å². The van der Waals surface area contributed by atoms with Crippen molar-refractivity contribution in [3.8, 4) is 0 Å². The van der Waals surface area contributed by atoms with E-state index in [9.17, 15) is 9.90 Å². The molecule has 5 nitrogen and oxygen atoms in total. The van der Waals surface area contributed by atoms with E-state index in [2.05, 4.69) is 5.32 Å². The first-order valence-electron chi connectivity index (χ1n) is 6.90. The molecule has 0 spiro atoms. The molecule has 4 unspecified atom stereocenters. The molecule has 4 N–H and O–H groups in total. The van der Waals surface area contributed by atoms with Crippen molar-refractivity contribution >= 4 is 5.91 Å². The second-order valence-electron chi connectivity index (χ2n) is 5.64. The monoisotopic (exact) mass is 256 g/mol. The van der Waals surface area contributed by atoms with Crippen molar-refractivity contribution in [3.63, 3.8) is 0 Å². The van der Waals surface area contributed by atoms with Gasteiger partial charge in [-0.25, -0.2) is 0 Å². The maximum Gasteiger partial charge on any atom is 0.224 e. The van der Waals surface area contributed by atoms with Crippen molar-refractivity contribution in [2.75, 3.05) is 13.2 Å². The second kappa shape index (κ2) is 5.55. The Hall–Kier alpha value is -0.650. The van der Waals surface area contributed by atoms with Crippen molar-refractivity contribution in [3.05, 3.63) is 0 Å². The van der Waals surface area contributed by atoms with Gasteiger partial charge in [0.1, 0.15) is 5.60 Å². The molecule has 104 valence electrons. The van der Waals surface area contributed by atoms with Gasteiger partial charge in [-0.1, -0.05) is 12.8 Å². The Balaban J connectivity index is 1.84. The maximum atomic E-state index is 12.1. The average Bonchev–Trinajstić information content (AvgIpc) is 2.68. The minimum absolute atomic E-state index is 0.0188. The lowest BCUT2D eigenvalue weighted by atomic mass is 9.84. The summed E-state index contributed by atoms with van der Waals surface area (Å²) in [5.74, 6) is -0.116. The molecule has 0 bridgehead atoms. The van der Waals surface area contributed by atoms with E-state index in [0.29, 0.717) is 13.0 Å². The van der Waals surface area contributed by atoms with Gasteiger partial charge >= 0.3 is 0 Å². The highest BCUT2D eigenvalue weighted by Gasteiger charge is 2.40. The molecule has 1 aliphatic heterocycles. The summed E-state index contributed by atoms with van der Waals surface area (Å²) in [7, 11) is 0. The zero-order valence-corrected chi connectivity index (χ0v) is 11.0.